The average molecular weight is 377 g/mol. The summed E-state index contributed by atoms with van der Waals surface area (Å²) in [5.74, 6) is -3.30. The summed E-state index contributed by atoms with van der Waals surface area (Å²) in [4.78, 5) is 46.2. The molecule has 3 atom stereocenters. The van der Waals surface area contributed by atoms with E-state index in [1.54, 1.807) is 0 Å². The zero-order chi connectivity index (χ0) is 19.6. The molecular weight excluding hydrogens is 350 g/mol. The number of carboxylic acids is 2. The van der Waals surface area contributed by atoms with Crippen LogP contribution in [0.2, 0.25) is 0 Å². The number of nitrogens with one attached hydrogen (secondary N) is 2. The molecule has 0 aliphatic carbocycles. The first kappa shape index (κ1) is 23.2. The van der Waals surface area contributed by atoms with Crippen LogP contribution < -0.4 is 16.4 Å². The fourth-order valence-electron chi connectivity index (χ4n) is 2.05. The number of carboxylic acid groups (broad SMARTS) is 2. The number of hydrogen-bond donors (Lipinski definition) is 5. The van der Waals surface area contributed by atoms with Crippen LogP contribution in [0.5, 0.6) is 0 Å². The van der Waals surface area contributed by atoms with E-state index in [9.17, 15) is 19.2 Å². The lowest BCUT2D eigenvalue weighted by Crippen LogP contribution is -2.55. The number of amides is 2. The molecular formula is C15H27N3O6S. The normalized spacial score (nSPS) is 14.4. The minimum Gasteiger partial charge on any atom is -0.481 e. The van der Waals surface area contributed by atoms with Crippen molar-refractivity contribution in [2.45, 2.75) is 51.2 Å². The fourth-order valence-corrected chi connectivity index (χ4v) is 2.52. The minimum absolute atomic E-state index is 0.200. The molecule has 0 unspecified atom stereocenters. The van der Waals surface area contributed by atoms with Crippen molar-refractivity contribution in [2.75, 3.05) is 12.0 Å². The molecule has 0 aromatic carbocycles. The molecule has 25 heavy (non-hydrogen) atoms. The van der Waals surface area contributed by atoms with E-state index in [0.717, 1.165) is 0 Å². The maximum absolute atomic E-state index is 12.3. The second-order valence-electron chi connectivity index (χ2n) is 6.08. The SMILES string of the molecule is CSCC[C@H](NC(=O)[C@@H](N)CC(C)C)C(=O)N[C@@H](CC(=O)O)C(=O)O. The van der Waals surface area contributed by atoms with Crippen molar-refractivity contribution in [3.05, 3.63) is 0 Å². The molecule has 0 rings (SSSR count). The summed E-state index contributed by atoms with van der Waals surface area (Å²) in [5.41, 5.74) is 5.79. The number of hydrogen-bond acceptors (Lipinski definition) is 6. The van der Waals surface area contributed by atoms with E-state index in [1.165, 1.54) is 11.8 Å². The molecule has 0 saturated heterocycles. The number of carbonyl (C=O) groups excluding carboxylic acids is 2. The van der Waals surface area contributed by atoms with Gasteiger partial charge in [0.15, 0.2) is 0 Å². The van der Waals surface area contributed by atoms with E-state index in [2.05, 4.69) is 10.6 Å². The lowest BCUT2D eigenvalue weighted by molar-refractivity contribution is -0.147. The lowest BCUT2D eigenvalue weighted by atomic mass is 10.0. The van der Waals surface area contributed by atoms with Crippen LogP contribution in [0.1, 0.15) is 33.1 Å². The molecule has 0 fully saturated rings. The van der Waals surface area contributed by atoms with Gasteiger partial charge in [-0.3, -0.25) is 14.4 Å². The maximum atomic E-state index is 12.3. The van der Waals surface area contributed by atoms with E-state index in [0.29, 0.717) is 12.2 Å². The van der Waals surface area contributed by atoms with Crippen molar-refractivity contribution in [1.29, 1.82) is 0 Å². The quantitative estimate of drug-likeness (QED) is 0.308. The van der Waals surface area contributed by atoms with Gasteiger partial charge < -0.3 is 26.6 Å². The molecule has 144 valence electrons. The van der Waals surface area contributed by atoms with Crippen LogP contribution in [0.25, 0.3) is 0 Å². The van der Waals surface area contributed by atoms with Crippen molar-refractivity contribution in [3.8, 4) is 0 Å². The molecule has 0 aromatic heterocycles. The van der Waals surface area contributed by atoms with Crippen LogP contribution in [-0.2, 0) is 19.2 Å². The highest BCUT2D eigenvalue weighted by Gasteiger charge is 2.29. The second-order valence-corrected chi connectivity index (χ2v) is 7.06. The van der Waals surface area contributed by atoms with Gasteiger partial charge in [-0.05, 0) is 30.8 Å². The Morgan fingerprint density at radius 1 is 1.04 bits per heavy atom. The topological polar surface area (TPSA) is 159 Å². The van der Waals surface area contributed by atoms with Gasteiger partial charge in [0.25, 0.3) is 0 Å². The number of rotatable bonds is 12. The molecule has 2 amide bonds. The van der Waals surface area contributed by atoms with Gasteiger partial charge in [-0.15, -0.1) is 0 Å². The van der Waals surface area contributed by atoms with E-state index >= 15 is 0 Å². The number of carbonyl (C=O) groups is 4. The smallest absolute Gasteiger partial charge is 0.326 e. The third-order valence-corrected chi connectivity index (χ3v) is 3.94. The van der Waals surface area contributed by atoms with Crippen molar-refractivity contribution in [1.82, 2.24) is 10.6 Å². The van der Waals surface area contributed by atoms with Crippen LogP contribution in [0.3, 0.4) is 0 Å². The molecule has 0 aliphatic heterocycles. The van der Waals surface area contributed by atoms with Gasteiger partial charge in [-0.25, -0.2) is 4.79 Å². The summed E-state index contributed by atoms with van der Waals surface area (Å²) in [7, 11) is 0. The predicted molar refractivity (Wildman–Crippen MR) is 94.2 cm³/mol. The third kappa shape index (κ3) is 9.92. The van der Waals surface area contributed by atoms with Gasteiger partial charge in [-0.2, -0.15) is 11.8 Å². The molecule has 0 bridgehead atoms. The Morgan fingerprint density at radius 2 is 1.60 bits per heavy atom. The van der Waals surface area contributed by atoms with E-state index in [-0.39, 0.29) is 12.3 Å². The molecule has 0 saturated carbocycles. The highest BCUT2D eigenvalue weighted by molar-refractivity contribution is 7.98. The minimum atomic E-state index is -1.57. The maximum Gasteiger partial charge on any atom is 0.326 e. The Kier molecular flexibility index (Phi) is 10.8. The van der Waals surface area contributed by atoms with Crippen LogP contribution in [0.15, 0.2) is 0 Å². The highest BCUT2D eigenvalue weighted by Crippen LogP contribution is 2.06. The highest BCUT2D eigenvalue weighted by atomic mass is 32.2. The van der Waals surface area contributed by atoms with E-state index in [4.69, 9.17) is 15.9 Å². The average Bonchev–Trinajstić information content (AvgIpc) is 2.48. The van der Waals surface area contributed by atoms with Gasteiger partial charge in [0.05, 0.1) is 12.5 Å². The predicted octanol–water partition coefficient (Wildman–Crippen LogP) is -0.358. The molecule has 10 heteroatoms. The summed E-state index contributed by atoms with van der Waals surface area (Å²) in [6.45, 7) is 3.82. The van der Waals surface area contributed by atoms with E-state index < -0.39 is 48.3 Å². The molecule has 0 aromatic rings. The molecule has 9 nitrogen and oxygen atoms in total. The van der Waals surface area contributed by atoms with Gasteiger partial charge in [0.1, 0.15) is 12.1 Å². The van der Waals surface area contributed by atoms with Crippen LogP contribution in [0, 0.1) is 5.92 Å². The van der Waals surface area contributed by atoms with Crippen LogP contribution >= 0.6 is 11.8 Å². The molecule has 0 spiro atoms. The van der Waals surface area contributed by atoms with Crippen molar-refractivity contribution < 1.29 is 29.4 Å². The first-order valence-corrected chi connectivity index (χ1v) is 9.27. The molecule has 6 N–H and O–H groups in total. The second kappa shape index (κ2) is 11.7. The Hall–Kier alpha value is -1.81. The van der Waals surface area contributed by atoms with Gasteiger partial charge >= 0.3 is 11.9 Å². The van der Waals surface area contributed by atoms with Crippen molar-refractivity contribution in [2.24, 2.45) is 11.7 Å². The van der Waals surface area contributed by atoms with Gasteiger partial charge in [0, 0.05) is 0 Å². The largest absolute Gasteiger partial charge is 0.481 e. The zero-order valence-electron chi connectivity index (χ0n) is 14.7. The van der Waals surface area contributed by atoms with E-state index in [1.807, 2.05) is 20.1 Å². The van der Waals surface area contributed by atoms with Gasteiger partial charge in [-0.1, -0.05) is 13.8 Å². The molecule has 0 radical (unpaired) electrons. The summed E-state index contributed by atoms with van der Waals surface area (Å²) in [5, 5.41) is 22.4. The lowest BCUT2D eigenvalue weighted by Gasteiger charge is -2.22. The van der Waals surface area contributed by atoms with Crippen LogP contribution in [-0.4, -0.2) is 64.1 Å². The van der Waals surface area contributed by atoms with Crippen molar-refractivity contribution in [3.63, 3.8) is 0 Å². The monoisotopic (exact) mass is 377 g/mol. The summed E-state index contributed by atoms with van der Waals surface area (Å²) < 4.78 is 0. The van der Waals surface area contributed by atoms with Crippen molar-refractivity contribution >= 4 is 35.5 Å². The first-order valence-electron chi connectivity index (χ1n) is 7.88. The summed E-state index contributed by atoms with van der Waals surface area (Å²) in [6.07, 6.45) is 1.79. The number of thioether (sulfide) groups is 1. The number of nitrogens with two attached hydrogens (primary N) is 1. The fraction of sp³-hybridized carbons (Fsp3) is 0.733. The molecule has 0 heterocycles. The Bertz CT molecular complexity index is 486. The van der Waals surface area contributed by atoms with Gasteiger partial charge in [0.2, 0.25) is 11.8 Å². The third-order valence-electron chi connectivity index (χ3n) is 3.30. The molecule has 0 aliphatic rings. The Morgan fingerprint density at radius 3 is 2.04 bits per heavy atom. The first-order chi connectivity index (χ1) is 11.6. The van der Waals surface area contributed by atoms with Crippen LogP contribution in [0.4, 0.5) is 0 Å². The summed E-state index contributed by atoms with van der Waals surface area (Å²) in [6, 6.07) is -3.32. The zero-order valence-corrected chi connectivity index (χ0v) is 15.5. The standard InChI is InChI=1S/C15H27N3O6S/c1-8(2)6-9(16)13(21)17-10(4-5-25-3)14(22)18-11(15(23)24)7-12(19)20/h8-11H,4-7,16H2,1-3H3,(H,17,21)(H,18,22)(H,19,20)(H,23,24)/t9-,10-,11-/m0/s1. The summed E-state index contributed by atoms with van der Waals surface area (Å²) >= 11 is 1.46. The Labute approximate surface area is 151 Å². The Balaban J connectivity index is 4.98. The number of aliphatic carboxylic acids is 2.